The summed E-state index contributed by atoms with van der Waals surface area (Å²) < 4.78 is 19.8. The molecule has 0 saturated carbocycles. The molecule has 0 aromatic heterocycles. The smallest absolute Gasteiger partial charge is 0.346 e. The van der Waals surface area contributed by atoms with E-state index in [2.05, 4.69) is 0 Å². The Hall–Kier alpha value is -2.64. The largest absolute Gasteiger partial charge is 0.435 e. The standard InChI is InChI=1S/C22H21O3P/c1-16-14-17(2)21(18(3)15-16)22(23)26(24,20-12-8-5-9-13-20)25-19-10-6-4-7-11-19/h4-15H,1-3H3. The summed E-state index contributed by atoms with van der Waals surface area (Å²) in [6.07, 6.45) is 0. The summed E-state index contributed by atoms with van der Waals surface area (Å²) in [6, 6.07) is 21.4. The molecule has 1 unspecified atom stereocenters. The second-order valence-corrected chi connectivity index (χ2v) is 8.58. The molecule has 132 valence electrons. The summed E-state index contributed by atoms with van der Waals surface area (Å²) in [4.78, 5) is 13.4. The lowest BCUT2D eigenvalue weighted by Crippen LogP contribution is -2.19. The van der Waals surface area contributed by atoms with E-state index in [9.17, 15) is 9.36 Å². The third-order valence-corrected chi connectivity index (χ3v) is 6.44. The normalized spacial score (nSPS) is 13.0. The van der Waals surface area contributed by atoms with Crippen molar-refractivity contribution >= 4 is 18.2 Å². The number of aryl methyl sites for hydroxylation is 3. The third kappa shape index (κ3) is 3.49. The van der Waals surface area contributed by atoms with Gasteiger partial charge in [-0.15, -0.1) is 0 Å². The fourth-order valence-electron chi connectivity index (χ4n) is 3.13. The highest BCUT2D eigenvalue weighted by molar-refractivity contribution is 7.83. The quantitative estimate of drug-likeness (QED) is 0.567. The van der Waals surface area contributed by atoms with Crippen molar-refractivity contribution in [3.05, 3.63) is 95.1 Å². The number of benzene rings is 3. The molecule has 3 aromatic carbocycles. The predicted molar refractivity (Wildman–Crippen MR) is 106 cm³/mol. The van der Waals surface area contributed by atoms with Gasteiger partial charge in [0.15, 0.2) is 0 Å². The molecule has 0 heterocycles. The van der Waals surface area contributed by atoms with E-state index in [1.54, 1.807) is 48.5 Å². The van der Waals surface area contributed by atoms with Crippen LogP contribution in [0.3, 0.4) is 0 Å². The van der Waals surface area contributed by atoms with E-state index < -0.39 is 12.9 Å². The average molecular weight is 364 g/mol. The van der Waals surface area contributed by atoms with Gasteiger partial charge in [-0.1, -0.05) is 54.1 Å². The molecule has 0 N–H and O–H groups in total. The lowest BCUT2D eigenvalue weighted by Gasteiger charge is -2.21. The fraction of sp³-hybridized carbons (Fsp3) is 0.136. The van der Waals surface area contributed by atoms with Crippen LogP contribution in [0.15, 0.2) is 72.8 Å². The maximum Gasteiger partial charge on any atom is 0.346 e. The summed E-state index contributed by atoms with van der Waals surface area (Å²) in [5, 5.41) is 0.397. The minimum atomic E-state index is -3.81. The average Bonchev–Trinajstić information content (AvgIpc) is 2.62. The van der Waals surface area contributed by atoms with Gasteiger partial charge >= 0.3 is 7.37 Å². The van der Waals surface area contributed by atoms with E-state index in [4.69, 9.17) is 4.52 Å². The van der Waals surface area contributed by atoms with Crippen LogP contribution in [0.2, 0.25) is 0 Å². The zero-order valence-electron chi connectivity index (χ0n) is 15.1. The highest BCUT2D eigenvalue weighted by Gasteiger charge is 2.39. The van der Waals surface area contributed by atoms with Crippen LogP contribution < -0.4 is 9.83 Å². The van der Waals surface area contributed by atoms with Crippen molar-refractivity contribution in [1.29, 1.82) is 0 Å². The van der Waals surface area contributed by atoms with Crippen LogP contribution in [0.4, 0.5) is 0 Å². The number of carbonyl (C=O) groups is 1. The molecule has 0 radical (unpaired) electrons. The van der Waals surface area contributed by atoms with Crippen LogP contribution in [-0.2, 0) is 4.57 Å². The summed E-state index contributed by atoms with van der Waals surface area (Å²) >= 11 is 0. The van der Waals surface area contributed by atoms with Gasteiger partial charge in [-0.3, -0.25) is 9.36 Å². The van der Waals surface area contributed by atoms with Crippen LogP contribution >= 0.6 is 7.37 Å². The summed E-state index contributed by atoms with van der Waals surface area (Å²) in [6.45, 7) is 5.71. The van der Waals surface area contributed by atoms with Crippen LogP contribution in [0, 0.1) is 20.8 Å². The van der Waals surface area contributed by atoms with Crippen LogP contribution in [0.25, 0.3) is 0 Å². The van der Waals surface area contributed by atoms with Gasteiger partial charge in [0.2, 0.25) is 0 Å². The Balaban J connectivity index is 2.16. The topological polar surface area (TPSA) is 43.4 Å². The molecular weight excluding hydrogens is 343 g/mol. The number of hydrogen-bond donors (Lipinski definition) is 0. The van der Waals surface area contributed by atoms with Gasteiger partial charge in [-0.25, -0.2) is 0 Å². The van der Waals surface area contributed by atoms with Gasteiger partial charge in [0.25, 0.3) is 5.52 Å². The molecule has 26 heavy (non-hydrogen) atoms. The van der Waals surface area contributed by atoms with Crippen molar-refractivity contribution in [3.8, 4) is 5.75 Å². The first kappa shape index (κ1) is 18.2. The zero-order valence-corrected chi connectivity index (χ0v) is 16.0. The second kappa shape index (κ2) is 7.31. The molecule has 0 aliphatic heterocycles. The summed E-state index contributed by atoms with van der Waals surface area (Å²) in [7, 11) is -3.81. The van der Waals surface area contributed by atoms with Crippen LogP contribution in [0.1, 0.15) is 27.0 Å². The highest BCUT2D eigenvalue weighted by Crippen LogP contribution is 2.50. The maximum atomic E-state index is 13.9. The van der Waals surface area contributed by atoms with Crippen molar-refractivity contribution in [2.45, 2.75) is 20.8 Å². The Morgan fingerprint density at radius 2 is 1.31 bits per heavy atom. The molecule has 0 amide bonds. The van der Waals surface area contributed by atoms with Crippen molar-refractivity contribution in [2.75, 3.05) is 0 Å². The molecule has 0 spiro atoms. The Kier molecular flexibility index (Phi) is 5.11. The minimum absolute atomic E-state index is 0.397. The molecule has 0 bridgehead atoms. The molecule has 0 fully saturated rings. The number of para-hydroxylation sites is 1. The van der Waals surface area contributed by atoms with Crippen molar-refractivity contribution in [1.82, 2.24) is 0 Å². The third-order valence-electron chi connectivity index (χ3n) is 4.23. The molecule has 0 aliphatic rings. The first-order valence-corrected chi connectivity index (χ1v) is 10.1. The maximum absolute atomic E-state index is 13.9. The van der Waals surface area contributed by atoms with E-state index in [1.807, 2.05) is 45.0 Å². The van der Waals surface area contributed by atoms with Crippen LogP contribution in [0.5, 0.6) is 5.75 Å². The molecule has 3 aromatic rings. The fourth-order valence-corrected chi connectivity index (χ4v) is 5.18. The Labute approximate surface area is 154 Å². The van der Waals surface area contributed by atoms with Gasteiger partial charge < -0.3 is 4.52 Å². The van der Waals surface area contributed by atoms with E-state index in [1.165, 1.54) is 0 Å². The molecule has 4 heteroatoms. The molecule has 1 atom stereocenters. The lowest BCUT2D eigenvalue weighted by atomic mass is 10.0. The Bertz CT molecular complexity index is 956. The van der Waals surface area contributed by atoms with E-state index in [-0.39, 0.29) is 0 Å². The van der Waals surface area contributed by atoms with Crippen molar-refractivity contribution in [3.63, 3.8) is 0 Å². The predicted octanol–water partition coefficient (Wildman–Crippen LogP) is 5.43. The molecular formula is C22H21O3P. The van der Waals surface area contributed by atoms with E-state index in [0.717, 1.165) is 16.7 Å². The number of hydrogen-bond acceptors (Lipinski definition) is 3. The molecule has 0 aliphatic carbocycles. The molecule has 3 nitrogen and oxygen atoms in total. The second-order valence-electron chi connectivity index (χ2n) is 6.37. The van der Waals surface area contributed by atoms with Crippen molar-refractivity contribution < 1.29 is 13.9 Å². The molecule has 0 saturated heterocycles. The van der Waals surface area contributed by atoms with Gasteiger partial charge in [-0.2, -0.15) is 0 Å². The summed E-state index contributed by atoms with van der Waals surface area (Å²) in [5.41, 5.74) is 2.68. The summed E-state index contributed by atoms with van der Waals surface area (Å²) in [5.74, 6) is 0.412. The lowest BCUT2D eigenvalue weighted by molar-refractivity contribution is 0.106. The van der Waals surface area contributed by atoms with Gasteiger partial charge in [0.1, 0.15) is 5.75 Å². The van der Waals surface area contributed by atoms with Crippen LogP contribution in [-0.4, -0.2) is 5.52 Å². The Morgan fingerprint density at radius 3 is 1.85 bits per heavy atom. The molecule has 3 rings (SSSR count). The first-order chi connectivity index (χ1) is 12.4. The Morgan fingerprint density at radius 1 is 0.808 bits per heavy atom. The monoisotopic (exact) mass is 364 g/mol. The highest BCUT2D eigenvalue weighted by atomic mass is 31.2. The zero-order chi connectivity index (χ0) is 18.7. The van der Waals surface area contributed by atoms with Crippen molar-refractivity contribution in [2.24, 2.45) is 0 Å². The first-order valence-electron chi connectivity index (χ1n) is 8.45. The van der Waals surface area contributed by atoms with E-state index in [0.29, 0.717) is 16.6 Å². The van der Waals surface area contributed by atoms with Gasteiger partial charge in [0.05, 0.1) is 5.30 Å². The van der Waals surface area contributed by atoms with Gasteiger partial charge in [0, 0.05) is 5.56 Å². The SMILES string of the molecule is Cc1cc(C)c(C(=O)P(=O)(Oc2ccccc2)c2ccccc2)c(C)c1. The number of carbonyl (C=O) groups excluding carboxylic acids is 1. The minimum Gasteiger partial charge on any atom is -0.435 e. The number of rotatable bonds is 5. The van der Waals surface area contributed by atoms with Gasteiger partial charge in [-0.05, 0) is 56.2 Å². The van der Waals surface area contributed by atoms with E-state index >= 15 is 0 Å².